The summed E-state index contributed by atoms with van der Waals surface area (Å²) in [6.07, 6.45) is -15.0. The molecule has 3 rings (SSSR count). The first-order valence-corrected chi connectivity index (χ1v) is 25.7. The van der Waals surface area contributed by atoms with Crippen molar-refractivity contribution in [3.63, 3.8) is 0 Å². The second kappa shape index (κ2) is 32.5. The highest BCUT2D eigenvalue weighted by atomic mass is 31.2. The minimum atomic E-state index is -5.59. The first-order valence-electron chi connectivity index (χ1n) is 24.2. The van der Waals surface area contributed by atoms with E-state index in [1.54, 1.807) is 0 Å². The summed E-state index contributed by atoms with van der Waals surface area (Å²) in [7, 11) is -5.59. The fourth-order valence-corrected chi connectivity index (χ4v) is 9.14. The van der Waals surface area contributed by atoms with Crippen molar-refractivity contribution in [2.75, 3.05) is 33.0 Å². The van der Waals surface area contributed by atoms with E-state index >= 15 is 0 Å². The summed E-state index contributed by atoms with van der Waals surface area (Å²) in [6.45, 7) is -0.807. The van der Waals surface area contributed by atoms with Crippen molar-refractivity contribution >= 4 is 37.6 Å². The number of hydrogen-bond donors (Lipinski definition) is 12. The predicted octanol–water partition coefficient (Wildman–Crippen LogP) is -1.31. The summed E-state index contributed by atoms with van der Waals surface area (Å²) in [4.78, 5) is 75.2. The number of aliphatic hydroxyl groups excluding tert-OH is 6. The largest absolute Gasteiger partial charge is 0.479 e. The number of aliphatic carboxylic acids is 1. The van der Waals surface area contributed by atoms with Crippen LogP contribution in [0.4, 0.5) is 4.79 Å². The Morgan fingerprint density at radius 1 is 0.726 bits per heavy atom. The van der Waals surface area contributed by atoms with Crippen LogP contribution in [0.1, 0.15) is 104 Å². The number of azide groups is 1. The van der Waals surface area contributed by atoms with Crippen LogP contribution in [-0.2, 0) is 65.9 Å². The molecular formula is C42H74N7O23P. The van der Waals surface area contributed by atoms with E-state index in [-0.39, 0.29) is 6.61 Å². The number of unbranched alkanes of at least 4 members (excludes halogenated alkanes) is 13. The van der Waals surface area contributed by atoms with Crippen LogP contribution in [0.5, 0.6) is 0 Å². The van der Waals surface area contributed by atoms with Crippen molar-refractivity contribution < 1.29 is 111 Å². The Morgan fingerprint density at radius 2 is 1.26 bits per heavy atom. The Bertz CT molecular complexity index is 1820. The van der Waals surface area contributed by atoms with Crippen LogP contribution >= 0.6 is 7.82 Å². The number of rotatable bonds is 34. The molecule has 0 saturated carbocycles. The van der Waals surface area contributed by atoms with Gasteiger partial charge in [0.05, 0.1) is 19.8 Å². The van der Waals surface area contributed by atoms with Gasteiger partial charge in [0.15, 0.2) is 43.3 Å². The molecule has 0 bridgehead atoms. The van der Waals surface area contributed by atoms with Crippen LogP contribution in [0.25, 0.3) is 10.4 Å². The standard InChI is InChI=1S/C42H74N7O23P/c1-3-4-5-6-7-8-9-10-11-12-13-14-15-16-17-64-25(38(59)60)21-65-73(62,63)72-41-36(34(71-42(44)61)32(57)35(69-41)37(43)58)70-40-28(47-22(2)52)31(56)33(24(20-51)67-40)68-39-27(48-26(53)18-46-49-45)30(55)29(54)23(19-50)66-39/h23-25,27-36,39-41,50-51,54-57H,3-21H2,1-2H3,(H2,43,58)(H2,44,61)(H,47,52)(H,48,53)(H,59,60)(H,62,63)/t23-,24-,25-,27-,28-,29+,30-,31-,32+,33-,34+,35+,36-,39+,40+,41-/m1/s1. The quantitative estimate of drug-likeness (QED) is 0.0117. The summed E-state index contributed by atoms with van der Waals surface area (Å²) >= 11 is 0. The molecule has 0 aromatic carbocycles. The molecule has 0 aromatic rings. The molecule has 0 aliphatic carbocycles. The number of ether oxygens (including phenoxy) is 7. The molecule has 3 aliphatic heterocycles. The highest BCUT2D eigenvalue weighted by Gasteiger charge is 2.57. The Balaban J connectivity index is 1.78. The zero-order valence-electron chi connectivity index (χ0n) is 40.8. The molecular weight excluding hydrogens is 1000 g/mol. The number of nitrogens with one attached hydrogen (secondary N) is 2. The molecule has 17 atom stereocenters. The molecule has 0 radical (unpaired) electrons. The molecule has 30 nitrogen and oxygen atoms in total. The van der Waals surface area contributed by atoms with Gasteiger partial charge in [0.25, 0.3) is 0 Å². The number of carbonyl (C=O) groups excluding carboxylic acids is 4. The fraction of sp³-hybridized carbons (Fsp3) is 0.881. The van der Waals surface area contributed by atoms with Crippen molar-refractivity contribution in [1.82, 2.24) is 10.6 Å². The monoisotopic (exact) mass is 1080 g/mol. The van der Waals surface area contributed by atoms with E-state index in [0.717, 1.165) is 39.0 Å². The molecule has 14 N–H and O–H groups in total. The summed E-state index contributed by atoms with van der Waals surface area (Å²) in [5.41, 5.74) is 19.3. The van der Waals surface area contributed by atoms with Gasteiger partial charge in [-0.05, 0) is 12.0 Å². The third-order valence-electron chi connectivity index (χ3n) is 12.1. The van der Waals surface area contributed by atoms with Crippen molar-refractivity contribution in [2.45, 2.75) is 202 Å². The van der Waals surface area contributed by atoms with Crippen molar-refractivity contribution in [3.05, 3.63) is 10.4 Å². The van der Waals surface area contributed by atoms with Crippen molar-refractivity contribution in [1.29, 1.82) is 0 Å². The molecule has 3 heterocycles. The maximum atomic E-state index is 13.5. The Labute approximate surface area is 420 Å². The van der Waals surface area contributed by atoms with Gasteiger partial charge < -0.3 is 95.9 Å². The minimum Gasteiger partial charge on any atom is -0.479 e. The number of phosphoric acid groups is 1. The van der Waals surface area contributed by atoms with Crippen molar-refractivity contribution in [2.24, 2.45) is 16.6 Å². The molecule has 1 unspecified atom stereocenters. The molecule has 0 aromatic heterocycles. The molecule has 3 fully saturated rings. The number of hydrogen-bond acceptors (Lipinski definition) is 22. The van der Waals surface area contributed by atoms with E-state index in [0.29, 0.717) is 6.42 Å². The molecule has 420 valence electrons. The lowest BCUT2D eigenvalue weighted by molar-refractivity contribution is -0.357. The second-order valence-corrected chi connectivity index (χ2v) is 19.1. The van der Waals surface area contributed by atoms with Gasteiger partial charge in [-0.2, -0.15) is 0 Å². The van der Waals surface area contributed by atoms with Crippen LogP contribution in [0.3, 0.4) is 0 Å². The third kappa shape index (κ3) is 20.6. The number of amides is 4. The van der Waals surface area contributed by atoms with E-state index in [2.05, 4.69) is 27.6 Å². The number of aliphatic hydroxyl groups is 6. The number of nitrogens with two attached hydrogens (primary N) is 2. The zero-order chi connectivity index (χ0) is 54.3. The minimum absolute atomic E-state index is 0.0533. The SMILES string of the molecule is CCCCCCCCCCCCCCCCO[C@H](COP(=O)(O)O[C@H]1O[C@H](C(N)=O)[C@@H](O)[C@H](OC(N)=O)[C@H]1O[C@@H]1O[C@H](CO)[C@@H](O[C@@H]2O[C@H](CO)[C@H](O)[C@H](O)[C@H]2NC(=O)CN=[N+]=[N-])[C@H](O)[C@H]1NC(C)=O)C(=O)O. The van der Waals surface area contributed by atoms with E-state index in [9.17, 15) is 69.2 Å². The third-order valence-corrected chi connectivity index (χ3v) is 13.0. The van der Waals surface area contributed by atoms with E-state index in [1.165, 1.54) is 51.4 Å². The van der Waals surface area contributed by atoms with Gasteiger partial charge in [-0.15, -0.1) is 0 Å². The van der Waals surface area contributed by atoms with E-state index in [1.807, 2.05) is 0 Å². The normalized spacial score (nSPS) is 31.5. The first-order chi connectivity index (χ1) is 34.7. The topological polar surface area (TPSA) is 472 Å². The zero-order valence-corrected chi connectivity index (χ0v) is 41.7. The molecule has 0 spiro atoms. The predicted molar refractivity (Wildman–Crippen MR) is 246 cm³/mol. The highest BCUT2D eigenvalue weighted by molar-refractivity contribution is 7.47. The van der Waals surface area contributed by atoms with Gasteiger partial charge in [0, 0.05) is 18.4 Å². The lowest BCUT2D eigenvalue weighted by atomic mass is 9.94. The average molecular weight is 1080 g/mol. The van der Waals surface area contributed by atoms with Crippen LogP contribution < -0.4 is 22.1 Å². The van der Waals surface area contributed by atoms with Gasteiger partial charge in [-0.3, -0.25) is 23.4 Å². The molecule has 3 saturated heterocycles. The Kier molecular flexibility index (Phi) is 28.2. The number of carbonyl (C=O) groups is 5. The fourth-order valence-electron chi connectivity index (χ4n) is 8.32. The number of primary amides is 2. The summed E-state index contributed by atoms with van der Waals surface area (Å²) < 4.78 is 62.8. The van der Waals surface area contributed by atoms with Crippen LogP contribution in [0, 0.1) is 0 Å². The van der Waals surface area contributed by atoms with Gasteiger partial charge in [0.1, 0.15) is 61.4 Å². The van der Waals surface area contributed by atoms with Gasteiger partial charge in [0.2, 0.25) is 17.7 Å². The van der Waals surface area contributed by atoms with E-state index < -0.39 is 162 Å². The number of carboxylic acids is 1. The van der Waals surface area contributed by atoms with Crippen LogP contribution in [0.15, 0.2) is 5.11 Å². The number of phosphoric ester groups is 1. The van der Waals surface area contributed by atoms with Gasteiger partial charge in [-0.1, -0.05) is 95.5 Å². The van der Waals surface area contributed by atoms with Crippen LogP contribution in [0.2, 0.25) is 0 Å². The lowest BCUT2D eigenvalue weighted by Gasteiger charge is -2.49. The Hall–Kier alpha value is -3.91. The lowest BCUT2D eigenvalue weighted by Crippen LogP contribution is -2.70. The van der Waals surface area contributed by atoms with Gasteiger partial charge >= 0.3 is 19.9 Å². The molecule has 4 amide bonds. The average Bonchev–Trinajstić information content (AvgIpc) is 3.33. The smallest absolute Gasteiger partial charge is 0.474 e. The Morgan fingerprint density at radius 3 is 1.77 bits per heavy atom. The van der Waals surface area contributed by atoms with E-state index in [4.69, 9.17) is 59.2 Å². The van der Waals surface area contributed by atoms with Crippen molar-refractivity contribution in [3.8, 4) is 0 Å². The van der Waals surface area contributed by atoms with Gasteiger partial charge in [-0.25, -0.2) is 14.2 Å². The molecule has 3 aliphatic rings. The maximum absolute atomic E-state index is 13.5. The first kappa shape index (κ1) is 63.4. The molecule has 31 heteroatoms. The second-order valence-electron chi connectivity index (χ2n) is 17.7. The number of carboxylic acid groups (broad SMARTS) is 1. The van der Waals surface area contributed by atoms with Crippen LogP contribution in [-0.4, -0.2) is 201 Å². The summed E-state index contributed by atoms with van der Waals surface area (Å²) in [5, 5.41) is 82.2. The molecule has 73 heavy (non-hydrogen) atoms. The summed E-state index contributed by atoms with van der Waals surface area (Å²) in [5.74, 6) is -4.95. The summed E-state index contributed by atoms with van der Waals surface area (Å²) in [6, 6.07) is -3.62. The number of nitrogens with zero attached hydrogens (tertiary/aromatic N) is 3. The highest BCUT2D eigenvalue weighted by Crippen LogP contribution is 2.48. The maximum Gasteiger partial charge on any atom is 0.474 e.